The highest BCUT2D eigenvalue weighted by atomic mass is 16.5. The van der Waals surface area contributed by atoms with Crippen molar-refractivity contribution in [1.29, 1.82) is 0 Å². The number of nitrogens with two attached hydrogens (primary N) is 1. The Morgan fingerprint density at radius 2 is 2.06 bits per heavy atom. The zero-order valence-electron chi connectivity index (χ0n) is 11.0. The van der Waals surface area contributed by atoms with E-state index in [0.29, 0.717) is 22.9 Å². The second-order valence-corrected chi connectivity index (χ2v) is 4.93. The molecule has 0 bridgehead atoms. The highest BCUT2D eigenvalue weighted by Crippen LogP contribution is 2.23. The Morgan fingerprint density at radius 1 is 1.39 bits per heavy atom. The van der Waals surface area contributed by atoms with E-state index in [4.69, 9.17) is 10.5 Å². The van der Waals surface area contributed by atoms with Crippen LogP contribution in [0.1, 0.15) is 30.1 Å². The Labute approximate surface area is 108 Å². The minimum Gasteiger partial charge on any atom is -0.497 e. The van der Waals surface area contributed by atoms with Crippen LogP contribution in [0.3, 0.4) is 0 Å². The van der Waals surface area contributed by atoms with Gasteiger partial charge in [-0.15, -0.1) is 0 Å². The van der Waals surface area contributed by atoms with Gasteiger partial charge in [0.2, 0.25) is 0 Å². The number of ether oxygens (including phenoxy) is 1. The van der Waals surface area contributed by atoms with E-state index in [1.807, 2.05) is 4.90 Å². The van der Waals surface area contributed by atoms with E-state index in [1.54, 1.807) is 25.3 Å². The number of amides is 1. The number of nitrogens with zero attached hydrogens (tertiary/aromatic N) is 1. The molecule has 1 fully saturated rings. The number of hydrogen-bond acceptors (Lipinski definition) is 3. The summed E-state index contributed by atoms with van der Waals surface area (Å²) in [5.41, 5.74) is 6.96. The number of methoxy groups -OCH3 is 1. The fourth-order valence-corrected chi connectivity index (χ4v) is 2.24. The lowest BCUT2D eigenvalue weighted by Crippen LogP contribution is -2.38. The second-order valence-electron chi connectivity index (χ2n) is 4.93. The molecule has 0 atom stereocenters. The van der Waals surface area contributed by atoms with Gasteiger partial charge in [-0.05, 0) is 30.9 Å². The lowest BCUT2D eigenvalue weighted by Gasteiger charge is -2.30. The summed E-state index contributed by atoms with van der Waals surface area (Å²) in [7, 11) is 1.59. The van der Waals surface area contributed by atoms with Crippen molar-refractivity contribution in [2.75, 3.05) is 25.9 Å². The second kappa shape index (κ2) is 5.29. The molecule has 4 heteroatoms. The molecule has 0 aliphatic carbocycles. The van der Waals surface area contributed by atoms with Crippen LogP contribution in [0.25, 0.3) is 0 Å². The van der Waals surface area contributed by atoms with Gasteiger partial charge in [-0.1, -0.05) is 6.92 Å². The normalized spacial score (nSPS) is 16.7. The molecule has 1 aliphatic rings. The third-order valence-corrected chi connectivity index (χ3v) is 3.56. The number of piperidine rings is 1. The maximum absolute atomic E-state index is 12.3. The third-order valence-electron chi connectivity index (χ3n) is 3.56. The predicted octanol–water partition coefficient (Wildman–Crippen LogP) is 2.15. The topological polar surface area (TPSA) is 55.6 Å². The highest BCUT2D eigenvalue weighted by molar-refractivity contribution is 5.99. The Bertz CT molecular complexity index is 437. The number of hydrogen-bond donors (Lipinski definition) is 1. The molecule has 0 unspecified atom stereocenters. The van der Waals surface area contributed by atoms with Crippen molar-refractivity contribution in [1.82, 2.24) is 4.90 Å². The Morgan fingerprint density at radius 3 is 2.61 bits per heavy atom. The van der Waals surface area contributed by atoms with E-state index >= 15 is 0 Å². The van der Waals surface area contributed by atoms with Crippen LogP contribution in [-0.2, 0) is 0 Å². The molecule has 1 aromatic carbocycles. The number of nitrogen functional groups attached to an aromatic ring is 1. The van der Waals surface area contributed by atoms with E-state index in [-0.39, 0.29) is 5.91 Å². The Balaban J connectivity index is 2.13. The van der Waals surface area contributed by atoms with E-state index in [2.05, 4.69) is 6.92 Å². The van der Waals surface area contributed by atoms with E-state index < -0.39 is 0 Å². The molecule has 2 rings (SSSR count). The van der Waals surface area contributed by atoms with Gasteiger partial charge in [0.1, 0.15) is 5.75 Å². The number of rotatable bonds is 2. The van der Waals surface area contributed by atoms with Crippen LogP contribution in [0.2, 0.25) is 0 Å². The van der Waals surface area contributed by atoms with Crippen LogP contribution in [-0.4, -0.2) is 31.0 Å². The lowest BCUT2D eigenvalue weighted by molar-refractivity contribution is 0.0698. The van der Waals surface area contributed by atoms with Crippen molar-refractivity contribution in [2.24, 2.45) is 5.92 Å². The molecule has 1 aliphatic heterocycles. The van der Waals surface area contributed by atoms with Crippen molar-refractivity contribution in [3.05, 3.63) is 23.8 Å². The molecule has 2 N–H and O–H groups in total. The van der Waals surface area contributed by atoms with Crippen LogP contribution in [0.4, 0.5) is 5.69 Å². The lowest BCUT2D eigenvalue weighted by atomic mass is 9.98. The largest absolute Gasteiger partial charge is 0.497 e. The summed E-state index contributed by atoms with van der Waals surface area (Å²) in [5.74, 6) is 1.42. The van der Waals surface area contributed by atoms with Crippen molar-refractivity contribution < 1.29 is 9.53 Å². The molecule has 0 radical (unpaired) electrons. The Hall–Kier alpha value is -1.71. The molecule has 1 saturated heterocycles. The summed E-state index contributed by atoms with van der Waals surface area (Å²) < 4.78 is 5.08. The molecule has 0 spiro atoms. The molecular formula is C14H20N2O2. The minimum atomic E-state index is 0.0297. The Kier molecular flexibility index (Phi) is 3.75. The van der Waals surface area contributed by atoms with Gasteiger partial charge in [-0.25, -0.2) is 0 Å². The average Bonchev–Trinajstić information content (AvgIpc) is 2.38. The van der Waals surface area contributed by atoms with Crippen LogP contribution >= 0.6 is 0 Å². The molecule has 98 valence electrons. The molecule has 1 heterocycles. The quantitative estimate of drug-likeness (QED) is 0.816. The van der Waals surface area contributed by atoms with E-state index in [9.17, 15) is 4.79 Å². The summed E-state index contributed by atoms with van der Waals surface area (Å²) in [6, 6.07) is 5.21. The van der Waals surface area contributed by atoms with E-state index in [0.717, 1.165) is 25.9 Å². The first kappa shape index (κ1) is 12.7. The third kappa shape index (κ3) is 2.58. The molecule has 1 amide bonds. The summed E-state index contributed by atoms with van der Waals surface area (Å²) in [5, 5.41) is 0. The zero-order valence-corrected chi connectivity index (χ0v) is 11.0. The first-order valence-corrected chi connectivity index (χ1v) is 6.34. The summed E-state index contributed by atoms with van der Waals surface area (Å²) >= 11 is 0. The van der Waals surface area contributed by atoms with Crippen LogP contribution in [0.5, 0.6) is 5.75 Å². The summed E-state index contributed by atoms with van der Waals surface area (Å²) in [4.78, 5) is 14.2. The van der Waals surface area contributed by atoms with Crippen molar-refractivity contribution in [2.45, 2.75) is 19.8 Å². The molecular weight excluding hydrogens is 228 g/mol. The fourth-order valence-electron chi connectivity index (χ4n) is 2.24. The maximum atomic E-state index is 12.3. The molecule has 0 aromatic heterocycles. The molecule has 0 saturated carbocycles. The number of likely N-dealkylation sites (tertiary alicyclic amines) is 1. The van der Waals surface area contributed by atoms with Crippen molar-refractivity contribution in [3.63, 3.8) is 0 Å². The van der Waals surface area contributed by atoms with Crippen molar-refractivity contribution in [3.8, 4) is 5.75 Å². The molecule has 4 nitrogen and oxygen atoms in total. The number of carbonyl (C=O) groups excluding carboxylic acids is 1. The van der Waals surface area contributed by atoms with Gasteiger partial charge in [0.15, 0.2) is 0 Å². The van der Waals surface area contributed by atoms with Crippen molar-refractivity contribution >= 4 is 11.6 Å². The standard InChI is InChI=1S/C14H20N2O2/c1-10-5-7-16(8-6-10)14(17)12-4-3-11(18-2)9-13(12)15/h3-4,9-10H,5-8,15H2,1-2H3. The summed E-state index contributed by atoms with van der Waals surface area (Å²) in [6.07, 6.45) is 2.14. The highest BCUT2D eigenvalue weighted by Gasteiger charge is 2.22. The minimum absolute atomic E-state index is 0.0297. The number of anilines is 1. The van der Waals surface area contributed by atoms with Gasteiger partial charge in [0, 0.05) is 24.8 Å². The average molecular weight is 248 g/mol. The maximum Gasteiger partial charge on any atom is 0.255 e. The van der Waals surface area contributed by atoms with Gasteiger partial charge < -0.3 is 15.4 Å². The predicted molar refractivity (Wildman–Crippen MR) is 71.7 cm³/mol. The first-order valence-electron chi connectivity index (χ1n) is 6.34. The SMILES string of the molecule is COc1ccc(C(=O)N2CCC(C)CC2)c(N)c1. The zero-order chi connectivity index (χ0) is 13.1. The van der Waals surface area contributed by atoms with E-state index in [1.165, 1.54) is 0 Å². The number of carbonyl (C=O) groups is 1. The smallest absolute Gasteiger partial charge is 0.255 e. The number of benzene rings is 1. The van der Waals surface area contributed by atoms with Crippen LogP contribution in [0.15, 0.2) is 18.2 Å². The van der Waals surface area contributed by atoms with Gasteiger partial charge in [0.05, 0.1) is 12.7 Å². The van der Waals surface area contributed by atoms with Gasteiger partial charge in [0.25, 0.3) is 5.91 Å². The fraction of sp³-hybridized carbons (Fsp3) is 0.500. The summed E-state index contributed by atoms with van der Waals surface area (Å²) in [6.45, 7) is 3.88. The molecule has 18 heavy (non-hydrogen) atoms. The van der Waals surface area contributed by atoms with Crippen LogP contribution < -0.4 is 10.5 Å². The monoisotopic (exact) mass is 248 g/mol. The van der Waals surface area contributed by atoms with Crippen LogP contribution in [0, 0.1) is 5.92 Å². The van der Waals surface area contributed by atoms with Gasteiger partial charge in [-0.3, -0.25) is 4.79 Å². The van der Waals surface area contributed by atoms with Gasteiger partial charge >= 0.3 is 0 Å². The van der Waals surface area contributed by atoms with Gasteiger partial charge in [-0.2, -0.15) is 0 Å². The first-order chi connectivity index (χ1) is 8.61. The molecule has 1 aromatic rings.